The first-order valence-electron chi connectivity index (χ1n) is 5.47. The lowest BCUT2D eigenvalue weighted by Crippen LogP contribution is -1.99. The molecule has 0 amide bonds. The summed E-state index contributed by atoms with van der Waals surface area (Å²) in [4.78, 5) is 0. The summed E-state index contributed by atoms with van der Waals surface area (Å²) < 4.78 is 1.09. The van der Waals surface area contributed by atoms with Crippen LogP contribution in [0.3, 0.4) is 0 Å². The zero-order chi connectivity index (χ0) is 12.4. The molecule has 0 saturated heterocycles. The second-order valence-electron chi connectivity index (χ2n) is 4.07. The van der Waals surface area contributed by atoms with Gasteiger partial charge in [0.05, 0.1) is 11.4 Å². The molecule has 0 aliphatic rings. The largest absolute Gasteiger partial charge is 0.397 e. The second kappa shape index (κ2) is 4.80. The fourth-order valence-electron chi connectivity index (χ4n) is 1.68. The van der Waals surface area contributed by atoms with E-state index >= 15 is 0 Å². The molecule has 0 saturated carbocycles. The number of rotatable bonds is 2. The summed E-state index contributed by atoms with van der Waals surface area (Å²) in [5, 5.41) is 3.37. The van der Waals surface area contributed by atoms with Crippen molar-refractivity contribution >= 4 is 33.0 Å². The molecule has 0 radical (unpaired) electrons. The van der Waals surface area contributed by atoms with E-state index < -0.39 is 0 Å². The molecule has 2 aromatic rings. The second-order valence-corrected chi connectivity index (χ2v) is 4.93. The molecule has 0 aromatic heterocycles. The Morgan fingerprint density at radius 3 is 2.41 bits per heavy atom. The van der Waals surface area contributed by atoms with Crippen molar-refractivity contribution in [1.82, 2.24) is 0 Å². The van der Waals surface area contributed by atoms with Crippen LogP contribution in [0.2, 0.25) is 0 Å². The fourth-order valence-corrected chi connectivity index (χ4v) is 2.04. The third-order valence-corrected chi connectivity index (χ3v) is 3.72. The molecule has 0 bridgehead atoms. The van der Waals surface area contributed by atoms with E-state index in [0.717, 1.165) is 27.1 Å². The number of anilines is 3. The Kier molecular flexibility index (Phi) is 3.38. The van der Waals surface area contributed by atoms with Gasteiger partial charge in [-0.1, -0.05) is 34.1 Å². The van der Waals surface area contributed by atoms with E-state index in [-0.39, 0.29) is 0 Å². The summed E-state index contributed by atoms with van der Waals surface area (Å²) in [7, 11) is 0. The molecule has 2 rings (SSSR count). The smallest absolute Gasteiger partial charge is 0.0620 e. The Balaban J connectivity index is 2.38. The average Bonchev–Trinajstić information content (AvgIpc) is 2.31. The van der Waals surface area contributed by atoms with Crippen LogP contribution in [-0.2, 0) is 0 Å². The van der Waals surface area contributed by atoms with Crippen LogP contribution in [-0.4, -0.2) is 0 Å². The number of para-hydroxylation sites is 1. The Bertz CT molecular complexity index is 500. The van der Waals surface area contributed by atoms with Gasteiger partial charge in [0.15, 0.2) is 0 Å². The Morgan fingerprint density at radius 2 is 1.65 bits per heavy atom. The van der Waals surface area contributed by atoms with Crippen LogP contribution in [0.5, 0.6) is 0 Å². The maximum atomic E-state index is 6.04. The standard InChI is InChI=1S/C14H15BrN2/c1-9-5-3-8-13(14(9)16)17-12-7-4-6-11(15)10(12)2/h3-8,17H,16H2,1-2H3. The topological polar surface area (TPSA) is 38.0 Å². The number of hydrogen-bond acceptors (Lipinski definition) is 2. The Labute approximate surface area is 110 Å². The highest BCUT2D eigenvalue weighted by Crippen LogP contribution is 2.30. The van der Waals surface area contributed by atoms with Crippen molar-refractivity contribution in [3.05, 3.63) is 52.0 Å². The van der Waals surface area contributed by atoms with Crippen LogP contribution in [0, 0.1) is 13.8 Å². The summed E-state index contributed by atoms with van der Waals surface area (Å²) in [5.74, 6) is 0. The van der Waals surface area contributed by atoms with Gasteiger partial charge in [-0.25, -0.2) is 0 Å². The molecular formula is C14H15BrN2. The molecule has 3 N–H and O–H groups in total. The van der Waals surface area contributed by atoms with Crippen molar-refractivity contribution < 1.29 is 0 Å². The molecule has 2 aromatic carbocycles. The summed E-state index contributed by atoms with van der Waals surface area (Å²) in [5.41, 5.74) is 11.1. The lowest BCUT2D eigenvalue weighted by Gasteiger charge is -2.13. The Morgan fingerprint density at radius 1 is 1.00 bits per heavy atom. The normalized spacial score (nSPS) is 10.3. The monoisotopic (exact) mass is 290 g/mol. The van der Waals surface area contributed by atoms with E-state index in [1.165, 1.54) is 5.56 Å². The minimum atomic E-state index is 0.798. The molecule has 88 valence electrons. The van der Waals surface area contributed by atoms with Crippen molar-refractivity contribution in [3.63, 3.8) is 0 Å². The maximum absolute atomic E-state index is 6.04. The molecule has 0 aliphatic carbocycles. The van der Waals surface area contributed by atoms with Crippen molar-refractivity contribution in [2.24, 2.45) is 0 Å². The number of halogens is 1. The van der Waals surface area contributed by atoms with Crippen molar-refractivity contribution in [2.45, 2.75) is 13.8 Å². The summed E-state index contributed by atoms with van der Waals surface area (Å²) in [6, 6.07) is 12.1. The van der Waals surface area contributed by atoms with Crippen LogP contribution in [0.4, 0.5) is 17.1 Å². The minimum Gasteiger partial charge on any atom is -0.397 e. The number of nitrogen functional groups attached to an aromatic ring is 1. The number of nitrogens with two attached hydrogens (primary N) is 1. The molecule has 0 aliphatic heterocycles. The van der Waals surface area contributed by atoms with E-state index in [1.54, 1.807) is 0 Å². The molecule has 0 heterocycles. The number of nitrogens with one attached hydrogen (secondary N) is 1. The number of aryl methyl sites for hydroxylation is 1. The first-order valence-corrected chi connectivity index (χ1v) is 6.26. The maximum Gasteiger partial charge on any atom is 0.0620 e. The van der Waals surface area contributed by atoms with Gasteiger partial charge < -0.3 is 11.1 Å². The fraction of sp³-hybridized carbons (Fsp3) is 0.143. The third kappa shape index (κ3) is 2.44. The number of hydrogen-bond donors (Lipinski definition) is 2. The highest BCUT2D eigenvalue weighted by molar-refractivity contribution is 9.10. The minimum absolute atomic E-state index is 0.798. The predicted octanol–water partition coefficient (Wildman–Crippen LogP) is 4.39. The summed E-state index contributed by atoms with van der Waals surface area (Å²) in [6.07, 6.45) is 0. The SMILES string of the molecule is Cc1cccc(Nc2cccc(Br)c2C)c1N. The molecule has 17 heavy (non-hydrogen) atoms. The highest BCUT2D eigenvalue weighted by Gasteiger charge is 2.05. The van der Waals surface area contributed by atoms with E-state index in [9.17, 15) is 0 Å². The molecule has 0 spiro atoms. The summed E-state index contributed by atoms with van der Waals surface area (Å²) in [6.45, 7) is 4.08. The zero-order valence-corrected chi connectivity index (χ0v) is 11.5. The lowest BCUT2D eigenvalue weighted by atomic mass is 10.1. The first-order chi connectivity index (χ1) is 8.09. The molecule has 2 nitrogen and oxygen atoms in total. The van der Waals surface area contributed by atoms with E-state index in [4.69, 9.17) is 5.73 Å². The molecule has 0 fully saturated rings. The molecule has 3 heteroatoms. The summed E-state index contributed by atoms with van der Waals surface area (Å²) >= 11 is 3.52. The van der Waals surface area contributed by atoms with E-state index in [2.05, 4.69) is 28.2 Å². The Hall–Kier alpha value is -1.48. The first kappa shape index (κ1) is 12.0. The van der Waals surface area contributed by atoms with Crippen LogP contribution in [0.1, 0.15) is 11.1 Å². The van der Waals surface area contributed by atoms with Gasteiger partial charge in [0.2, 0.25) is 0 Å². The van der Waals surface area contributed by atoms with Gasteiger partial charge in [0.1, 0.15) is 0 Å². The van der Waals surface area contributed by atoms with Crippen molar-refractivity contribution in [3.8, 4) is 0 Å². The lowest BCUT2D eigenvalue weighted by molar-refractivity contribution is 1.39. The van der Waals surface area contributed by atoms with Crippen LogP contribution < -0.4 is 11.1 Å². The third-order valence-electron chi connectivity index (χ3n) is 2.86. The van der Waals surface area contributed by atoms with E-state index in [1.807, 2.05) is 43.3 Å². The van der Waals surface area contributed by atoms with Gasteiger partial charge in [-0.05, 0) is 43.2 Å². The van der Waals surface area contributed by atoms with Gasteiger partial charge in [0.25, 0.3) is 0 Å². The quantitative estimate of drug-likeness (QED) is 0.805. The highest BCUT2D eigenvalue weighted by atomic mass is 79.9. The van der Waals surface area contributed by atoms with Crippen molar-refractivity contribution in [2.75, 3.05) is 11.1 Å². The molecule has 0 unspecified atom stereocenters. The van der Waals surface area contributed by atoms with Crippen molar-refractivity contribution in [1.29, 1.82) is 0 Å². The zero-order valence-electron chi connectivity index (χ0n) is 9.92. The van der Waals surface area contributed by atoms with Gasteiger partial charge in [-0.15, -0.1) is 0 Å². The average molecular weight is 291 g/mol. The molecule has 0 atom stereocenters. The van der Waals surface area contributed by atoms with E-state index in [0.29, 0.717) is 0 Å². The van der Waals surface area contributed by atoms with Gasteiger partial charge in [-0.3, -0.25) is 0 Å². The number of benzene rings is 2. The van der Waals surface area contributed by atoms with Gasteiger partial charge in [0, 0.05) is 10.2 Å². The van der Waals surface area contributed by atoms with Gasteiger partial charge in [-0.2, -0.15) is 0 Å². The van der Waals surface area contributed by atoms with Crippen LogP contribution >= 0.6 is 15.9 Å². The van der Waals surface area contributed by atoms with Crippen LogP contribution in [0.25, 0.3) is 0 Å². The predicted molar refractivity (Wildman–Crippen MR) is 77.8 cm³/mol. The van der Waals surface area contributed by atoms with Gasteiger partial charge >= 0.3 is 0 Å². The van der Waals surface area contributed by atoms with Crippen LogP contribution in [0.15, 0.2) is 40.9 Å². The molecular weight excluding hydrogens is 276 g/mol.